The van der Waals surface area contributed by atoms with Gasteiger partial charge >= 0.3 is 6.03 Å². The summed E-state index contributed by atoms with van der Waals surface area (Å²) in [5.74, 6) is -0.0131. The fraction of sp³-hybridized carbons (Fsp3) is 0.481. The maximum atomic E-state index is 13.8. The van der Waals surface area contributed by atoms with Crippen LogP contribution in [-0.4, -0.2) is 48.0 Å². The Hall–Kier alpha value is -3.17. The van der Waals surface area contributed by atoms with Gasteiger partial charge in [0.15, 0.2) is 0 Å². The summed E-state index contributed by atoms with van der Waals surface area (Å²) < 4.78 is 26.0. The Bertz CT molecular complexity index is 1110. The number of ether oxygens (including phenoxy) is 2. The predicted octanol–water partition coefficient (Wildman–Crippen LogP) is 3.59. The number of carbonyl (C=O) groups is 2. The minimum atomic E-state index is -0.581. The number of aliphatic hydroxyl groups excluding tert-OH is 1. The highest BCUT2D eigenvalue weighted by Gasteiger charge is 2.46. The molecule has 4 atom stereocenters. The van der Waals surface area contributed by atoms with Crippen molar-refractivity contribution in [1.29, 1.82) is 0 Å². The normalized spacial score (nSPS) is 24.9. The number of hydrogen-bond donors (Lipinski definition) is 4. The first-order valence-electron chi connectivity index (χ1n) is 12.6. The largest absolute Gasteiger partial charge is 0.487 e. The SMILES string of the molecule is O=C(C[C@H]1C[C@@H]2c3cc(NC(=O)NC4CCCC4)ccc3O[C@@H]2[C@@H](CO)O1)NCc1ccccc1F. The molecule has 3 aliphatic rings. The first-order valence-corrected chi connectivity index (χ1v) is 12.6. The third kappa shape index (κ3) is 5.47. The van der Waals surface area contributed by atoms with Crippen LogP contribution in [0.15, 0.2) is 42.5 Å². The van der Waals surface area contributed by atoms with E-state index >= 15 is 0 Å². The van der Waals surface area contributed by atoms with E-state index in [0.717, 1.165) is 31.2 Å². The molecule has 2 fully saturated rings. The van der Waals surface area contributed by atoms with Crippen LogP contribution in [0.25, 0.3) is 0 Å². The minimum Gasteiger partial charge on any atom is -0.487 e. The maximum Gasteiger partial charge on any atom is 0.319 e. The van der Waals surface area contributed by atoms with Gasteiger partial charge < -0.3 is 30.5 Å². The zero-order chi connectivity index (χ0) is 25.1. The molecule has 2 aromatic rings. The standard InChI is InChI=1S/C27H32FN3O5/c28-22-8-4-1-5-16(22)14-29-25(33)13-19-12-21-20-11-18(31-27(34)30-17-6-2-3-7-17)9-10-23(20)36-26(21)24(15-32)35-19/h1,4-5,8-11,17,19,21,24,26,32H,2-3,6-7,12-15H2,(H,29,33)(H2,30,31,34)/t19-,21-,24-,26+/m1/s1. The van der Waals surface area contributed by atoms with Gasteiger partial charge in [-0.3, -0.25) is 4.79 Å². The molecule has 8 nitrogen and oxygen atoms in total. The third-order valence-electron chi connectivity index (χ3n) is 7.29. The lowest BCUT2D eigenvalue weighted by molar-refractivity contribution is -0.142. The number of halogens is 1. The Labute approximate surface area is 209 Å². The van der Waals surface area contributed by atoms with E-state index in [2.05, 4.69) is 16.0 Å². The van der Waals surface area contributed by atoms with Gasteiger partial charge in [-0.05, 0) is 43.5 Å². The number of nitrogens with one attached hydrogen (secondary N) is 3. The van der Waals surface area contributed by atoms with E-state index in [9.17, 15) is 19.1 Å². The number of anilines is 1. The topological polar surface area (TPSA) is 109 Å². The summed E-state index contributed by atoms with van der Waals surface area (Å²) in [4.78, 5) is 25.0. The van der Waals surface area contributed by atoms with Crippen LogP contribution >= 0.6 is 0 Å². The van der Waals surface area contributed by atoms with Crippen molar-refractivity contribution in [3.63, 3.8) is 0 Å². The van der Waals surface area contributed by atoms with Crippen LogP contribution in [-0.2, 0) is 16.1 Å². The summed E-state index contributed by atoms with van der Waals surface area (Å²) in [5.41, 5.74) is 2.01. The average molecular weight is 498 g/mol. The Morgan fingerprint density at radius 1 is 1.11 bits per heavy atom. The van der Waals surface area contributed by atoms with Crippen molar-refractivity contribution in [3.8, 4) is 5.75 Å². The molecule has 0 radical (unpaired) electrons. The van der Waals surface area contributed by atoms with Gasteiger partial charge in [0.05, 0.1) is 19.1 Å². The van der Waals surface area contributed by atoms with E-state index in [4.69, 9.17) is 9.47 Å². The second-order valence-corrected chi connectivity index (χ2v) is 9.81. The molecule has 5 rings (SSSR count). The molecule has 2 heterocycles. The zero-order valence-electron chi connectivity index (χ0n) is 20.0. The van der Waals surface area contributed by atoms with Crippen LogP contribution in [0.2, 0.25) is 0 Å². The number of benzene rings is 2. The van der Waals surface area contributed by atoms with Gasteiger partial charge in [0.1, 0.15) is 23.8 Å². The minimum absolute atomic E-state index is 0.0880. The molecule has 1 saturated carbocycles. The molecule has 0 spiro atoms. The van der Waals surface area contributed by atoms with Gasteiger partial charge in [-0.2, -0.15) is 0 Å². The molecule has 0 bridgehead atoms. The summed E-state index contributed by atoms with van der Waals surface area (Å²) in [5, 5.41) is 18.6. The average Bonchev–Trinajstić information content (AvgIpc) is 3.50. The number of amides is 3. The van der Waals surface area contributed by atoms with Crippen molar-refractivity contribution in [1.82, 2.24) is 10.6 Å². The molecule has 9 heteroatoms. The molecule has 2 aliphatic heterocycles. The van der Waals surface area contributed by atoms with Crippen LogP contribution in [0.3, 0.4) is 0 Å². The number of aliphatic hydroxyl groups is 1. The highest BCUT2D eigenvalue weighted by atomic mass is 19.1. The van der Waals surface area contributed by atoms with Crippen molar-refractivity contribution in [2.75, 3.05) is 11.9 Å². The molecule has 1 saturated heterocycles. The summed E-state index contributed by atoms with van der Waals surface area (Å²) in [6.07, 6.45) is 3.53. The van der Waals surface area contributed by atoms with Crippen LogP contribution in [0.4, 0.5) is 14.9 Å². The number of carbonyl (C=O) groups excluding carboxylic acids is 2. The van der Waals surface area contributed by atoms with Crippen molar-refractivity contribution >= 4 is 17.6 Å². The summed E-state index contributed by atoms with van der Waals surface area (Å²) in [6.45, 7) is -0.144. The first kappa shape index (κ1) is 24.5. The van der Waals surface area contributed by atoms with Crippen LogP contribution in [0.5, 0.6) is 5.75 Å². The summed E-state index contributed by atoms with van der Waals surface area (Å²) in [7, 11) is 0. The quantitative estimate of drug-likeness (QED) is 0.468. The van der Waals surface area contributed by atoms with Crippen LogP contribution in [0.1, 0.15) is 55.6 Å². The molecule has 2 aromatic carbocycles. The van der Waals surface area contributed by atoms with Crippen molar-refractivity contribution < 1.29 is 28.6 Å². The molecule has 0 unspecified atom stereocenters. The summed E-state index contributed by atoms with van der Waals surface area (Å²) >= 11 is 0. The Kier molecular flexibility index (Phi) is 7.38. The second-order valence-electron chi connectivity index (χ2n) is 9.81. The van der Waals surface area contributed by atoms with Gasteiger partial charge in [-0.1, -0.05) is 31.0 Å². The van der Waals surface area contributed by atoms with Gasteiger partial charge in [-0.25, -0.2) is 9.18 Å². The van der Waals surface area contributed by atoms with Gasteiger partial charge in [0, 0.05) is 35.3 Å². The van der Waals surface area contributed by atoms with E-state index < -0.39 is 12.2 Å². The molecular formula is C27H32FN3O5. The van der Waals surface area contributed by atoms with E-state index in [-0.39, 0.29) is 55.4 Å². The number of urea groups is 1. The molecular weight excluding hydrogens is 465 g/mol. The van der Waals surface area contributed by atoms with Crippen LogP contribution in [0, 0.1) is 5.82 Å². The van der Waals surface area contributed by atoms with Gasteiger partial charge in [0.25, 0.3) is 0 Å². The predicted molar refractivity (Wildman–Crippen MR) is 131 cm³/mol. The van der Waals surface area contributed by atoms with E-state index in [1.54, 1.807) is 24.3 Å². The highest BCUT2D eigenvalue weighted by molar-refractivity contribution is 5.89. The second kappa shape index (κ2) is 10.8. The first-order chi connectivity index (χ1) is 17.5. The lowest BCUT2D eigenvalue weighted by Crippen LogP contribution is -2.47. The van der Waals surface area contributed by atoms with Crippen molar-refractivity contribution in [2.45, 2.75) is 75.3 Å². The monoisotopic (exact) mass is 497 g/mol. The Balaban J connectivity index is 1.22. The molecule has 0 aromatic heterocycles. The van der Waals surface area contributed by atoms with Crippen LogP contribution < -0.4 is 20.7 Å². The van der Waals surface area contributed by atoms with Crippen molar-refractivity contribution in [2.24, 2.45) is 0 Å². The smallest absolute Gasteiger partial charge is 0.319 e. The lowest BCUT2D eigenvalue weighted by atomic mass is 9.84. The third-order valence-corrected chi connectivity index (χ3v) is 7.29. The van der Waals surface area contributed by atoms with Crippen molar-refractivity contribution in [3.05, 3.63) is 59.4 Å². The molecule has 1 aliphatic carbocycles. The van der Waals surface area contributed by atoms with E-state index in [1.807, 2.05) is 12.1 Å². The van der Waals surface area contributed by atoms with Gasteiger partial charge in [0.2, 0.25) is 5.91 Å². The Morgan fingerprint density at radius 3 is 2.69 bits per heavy atom. The molecule has 4 N–H and O–H groups in total. The maximum absolute atomic E-state index is 13.8. The number of hydrogen-bond acceptors (Lipinski definition) is 5. The van der Waals surface area contributed by atoms with E-state index in [0.29, 0.717) is 23.4 Å². The number of rotatable bonds is 7. The Morgan fingerprint density at radius 2 is 1.92 bits per heavy atom. The molecule has 3 amide bonds. The fourth-order valence-electron chi connectivity index (χ4n) is 5.50. The van der Waals surface area contributed by atoms with E-state index in [1.165, 1.54) is 6.07 Å². The fourth-order valence-corrected chi connectivity index (χ4v) is 5.50. The highest BCUT2D eigenvalue weighted by Crippen LogP contribution is 2.47. The lowest BCUT2D eigenvalue weighted by Gasteiger charge is -2.37. The molecule has 36 heavy (non-hydrogen) atoms. The summed E-state index contributed by atoms with van der Waals surface area (Å²) in [6, 6.07) is 11.8. The zero-order valence-corrected chi connectivity index (χ0v) is 20.0. The van der Waals surface area contributed by atoms with Gasteiger partial charge in [-0.15, -0.1) is 0 Å². The number of fused-ring (bicyclic) bond motifs is 3. The molecule has 192 valence electrons.